The van der Waals surface area contributed by atoms with Crippen LogP contribution >= 0.6 is 0 Å². The molecule has 0 aliphatic heterocycles. The van der Waals surface area contributed by atoms with Crippen molar-refractivity contribution in [2.24, 2.45) is 0 Å². The Kier molecular flexibility index (Phi) is 6.37. The van der Waals surface area contributed by atoms with E-state index in [0.717, 1.165) is 16.6 Å². The molecule has 0 aliphatic rings. The summed E-state index contributed by atoms with van der Waals surface area (Å²) in [5.41, 5.74) is 3.31. The number of hydrogen-bond acceptors (Lipinski definition) is 7. The van der Waals surface area contributed by atoms with Crippen LogP contribution in [-0.2, 0) is 16.6 Å². The Balaban J connectivity index is 1.59. The van der Waals surface area contributed by atoms with Gasteiger partial charge in [0.05, 0.1) is 17.3 Å². The molecule has 176 valence electrons. The van der Waals surface area contributed by atoms with Gasteiger partial charge in [-0.05, 0) is 42.0 Å². The normalized spacial score (nSPS) is 11.3. The molecule has 0 saturated carbocycles. The minimum absolute atomic E-state index is 0.163. The first-order valence-electron chi connectivity index (χ1n) is 10.5. The summed E-state index contributed by atoms with van der Waals surface area (Å²) in [6.45, 7) is 0.355. The number of nitrogens with zero attached hydrogens (tertiary/aromatic N) is 3. The van der Waals surface area contributed by atoms with E-state index in [0.29, 0.717) is 35.2 Å². The van der Waals surface area contributed by atoms with E-state index in [2.05, 4.69) is 30.9 Å². The smallest absolute Gasteiger partial charge is 0.251 e. The van der Waals surface area contributed by atoms with Crippen molar-refractivity contribution in [3.8, 4) is 0 Å². The fourth-order valence-electron chi connectivity index (χ4n) is 3.44. The molecule has 0 fully saturated rings. The van der Waals surface area contributed by atoms with E-state index >= 15 is 0 Å². The molecule has 2 aromatic heterocycles. The average Bonchev–Trinajstić information content (AvgIpc) is 3.30. The molecule has 11 heteroatoms. The number of rotatable bonds is 8. The summed E-state index contributed by atoms with van der Waals surface area (Å²) >= 11 is 0. The van der Waals surface area contributed by atoms with Crippen molar-refractivity contribution in [2.75, 3.05) is 35.3 Å². The van der Waals surface area contributed by atoms with Crippen molar-refractivity contribution in [3.05, 3.63) is 71.9 Å². The minimum Gasteiger partial charge on any atom is -0.365 e. The van der Waals surface area contributed by atoms with Gasteiger partial charge in [-0.15, -0.1) is 0 Å². The second-order valence-corrected chi connectivity index (χ2v) is 9.64. The number of carbonyl (C=O) groups excluding carboxylic acids is 1. The van der Waals surface area contributed by atoms with E-state index in [1.165, 1.54) is 17.6 Å². The predicted molar refractivity (Wildman–Crippen MR) is 134 cm³/mol. The Labute approximate surface area is 197 Å². The van der Waals surface area contributed by atoms with Gasteiger partial charge in [0.25, 0.3) is 5.91 Å². The summed E-state index contributed by atoms with van der Waals surface area (Å²) in [4.78, 5) is 24.0. The van der Waals surface area contributed by atoms with Crippen LogP contribution in [0, 0.1) is 0 Å². The number of hydrogen-bond donors (Lipinski definition) is 4. The molecule has 0 saturated heterocycles. The number of benzene rings is 2. The summed E-state index contributed by atoms with van der Waals surface area (Å²) in [5.74, 6) is 0.795. The lowest BCUT2D eigenvalue weighted by molar-refractivity contribution is 0.0963. The second kappa shape index (κ2) is 9.40. The van der Waals surface area contributed by atoms with Crippen LogP contribution in [0.3, 0.4) is 0 Å². The van der Waals surface area contributed by atoms with Gasteiger partial charge in [-0.1, -0.05) is 18.2 Å². The van der Waals surface area contributed by atoms with Gasteiger partial charge in [-0.3, -0.25) is 9.10 Å². The third kappa shape index (κ3) is 4.94. The van der Waals surface area contributed by atoms with Crippen molar-refractivity contribution >= 4 is 50.1 Å². The molecule has 4 aromatic rings. The van der Waals surface area contributed by atoms with E-state index in [1.807, 2.05) is 18.2 Å². The molecule has 0 spiro atoms. The fraction of sp³-hybridized carbons (Fsp3) is 0.174. The molecule has 1 amide bonds. The Morgan fingerprint density at radius 3 is 2.50 bits per heavy atom. The number of nitrogens with one attached hydrogen (secondary N) is 4. The molecule has 2 heterocycles. The van der Waals surface area contributed by atoms with Gasteiger partial charge in [0, 0.05) is 38.1 Å². The van der Waals surface area contributed by atoms with Gasteiger partial charge in [0.1, 0.15) is 11.5 Å². The van der Waals surface area contributed by atoms with Gasteiger partial charge < -0.3 is 20.9 Å². The quantitative estimate of drug-likeness (QED) is 0.305. The topological polar surface area (TPSA) is 132 Å². The van der Waals surface area contributed by atoms with Gasteiger partial charge in [0.2, 0.25) is 16.0 Å². The van der Waals surface area contributed by atoms with Crippen LogP contribution in [0.5, 0.6) is 0 Å². The first kappa shape index (κ1) is 23.1. The maximum absolute atomic E-state index is 12.0. The zero-order valence-corrected chi connectivity index (χ0v) is 19.8. The van der Waals surface area contributed by atoms with E-state index < -0.39 is 10.0 Å². The third-order valence-corrected chi connectivity index (χ3v) is 6.51. The number of sulfonamides is 1. The molecular weight excluding hydrogens is 454 g/mol. The molecular formula is C23H25N7O3S. The number of para-hydroxylation sites is 1. The minimum atomic E-state index is -3.40. The number of aromatic nitrogens is 3. The van der Waals surface area contributed by atoms with Crippen molar-refractivity contribution in [1.29, 1.82) is 0 Å². The van der Waals surface area contributed by atoms with E-state index in [1.54, 1.807) is 49.6 Å². The van der Waals surface area contributed by atoms with E-state index in [9.17, 15) is 13.2 Å². The highest BCUT2D eigenvalue weighted by Gasteiger charge is 2.16. The van der Waals surface area contributed by atoms with Crippen LogP contribution < -0.4 is 20.3 Å². The molecule has 0 radical (unpaired) electrons. The highest BCUT2D eigenvalue weighted by Crippen LogP contribution is 2.26. The monoisotopic (exact) mass is 479 g/mol. The van der Waals surface area contributed by atoms with Gasteiger partial charge >= 0.3 is 0 Å². The van der Waals surface area contributed by atoms with Crippen LogP contribution in [0.1, 0.15) is 15.9 Å². The Hall–Kier alpha value is -4.12. The lowest BCUT2D eigenvalue weighted by atomic mass is 10.1. The number of anilines is 4. The predicted octanol–water partition coefficient (Wildman–Crippen LogP) is 3.07. The molecule has 0 bridgehead atoms. The van der Waals surface area contributed by atoms with Crippen LogP contribution in [0.4, 0.5) is 23.1 Å². The van der Waals surface area contributed by atoms with Crippen LogP contribution in [0.25, 0.3) is 11.0 Å². The zero-order chi connectivity index (χ0) is 24.3. The van der Waals surface area contributed by atoms with E-state index in [-0.39, 0.29) is 5.91 Å². The first-order chi connectivity index (χ1) is 16.3. The third-order valence-electron chi connectivity index (χ3n) is 5.32. The first-order valence-corrected chi connectivity index (χ1v) is 12.3. The van der Waals surface area contributed by atoms with Gasteiger partial charge in [-0.2, -0.15) is 9.97 Å². The summed E-state index contributed by atoms with van der Waals surface area (Å²) in [6, 6.07) is 16.1. The summed E-state index contributed by atoms with van der Waals surface area (Å²) in [5, 5.41) is 9.85. The van der Waals surface area contributed by atoms with Crippen LogP contribution in [0.2, 0.25) is 0 Å². The van der Waals surface area contributed by atoms with Gasteiger partial charge in [-0.25, -0.2) is 8.42 Å². The van der Waals surface area contributed by atoms with Crippen molar-refractivity contribution in [1.82, 2.24) is 20.3 Å². The number of carbonyl (C=O) groups is 1. The van der Waals surface area contributed by atoms with Crippen molar-refractivity contribution in [2.45, 2.75) is 6.54 Å². The number of fused-ring (bicyclic) bond motifs is 1. The lowest BCUT2D eigenvalue weighted by Crippen LogP contribution is -2.26. The molecule has 2 aromatic carbocycles. The Bertz CT molecular complexity index is 1430. The standard InChI is InChI=1S/C23H25N7O3S/c1-24-22(31)15-8-10-17(11-9-15)27-23-28-20-18(12-13-25-20)21(29-23)26-14-16-6-4-5-7-19(16)30(2)34(3,32)33/h4-13H,14H2,1-3H3,(H,24,31)(H3,25,26,27,28,29). The Morgan fingerprint density at radius 2 is 1.79 bits per heavy atom. The highest BCUT2D eigenvalue weighted by atomic mass is 32.2. The van der Waals surface area contributed by atoms with Crippen LogP contribution in [-0.4, -0.2) is 49.6 Å². The molecule has 34 heavy (non-hydrogen) atoms. The molecule has 10 nitrogen and oxygen atoms in total. The molecule has 0 aliphatic carbocycles. The lowest BCUT2D eigenvalue weighted by Gasteiger charge is -2.20. The fourth-order valence-corrected chi connectivity index (χ4v) is 3.97. The number of H-pyrrole nitrogens is 1. The van der Waals surface area contributed by atoms with Crippen molar-refractivity contribution in [3.63, 3.8) is 0 Å². The highest BCUT2D eigenvalue weighted by molar-refractivity contribution is 7.92. The molecule has 4 N–H and O–H groups in total. The SMILES string of the molecule is CNC(=O)c1ccc(Nc2nc(NCc3ccccc3N(C)S(C)(=O)=O)c3cc[nH]c3n2)cc1. The second-order valence-electron chi connectivity index (χ2n) is 7.63. The maximum atomic E-state index is 12.0. The Morgan fingerprint density at radius 1 is 1.06 bits per heavy atom. The molecule has 4 rings (SSSR count). The number of amides is 1. The summed E-state index contributed by atoms with van der Waals surface area (Å²) in [6.07, 6.45) is 2.95. The molecule has 0 atom stereocenters. The molecule has 0 unspecified atom stereocenters. The van der Waals surface area contributed by atoms with Gasteiger partial charge in [0.15, 0.2) is 0 Å². The summed E-state index contributed by atoms with van der Waals surface area (Å²) < 4.78 is 25.3. The number of aromatic amines is 1. The van der Waals surface area contributed by atoms with Crippen molar-refractivity contribution < 1.29 is 13.2 Å². The average molecular weight is 480 g/mol. The maximum Gasteiger partial charge on any atom is 0.251 e. The van der Waals surface area contributed by atoms with E-state index in [4.69, 9.17) is 0 Å². The summed E-state index contributed by atoms with van der Waals surface area (Å²) in [7, 11) is -0.287. The largest absolute Gasteiger partial charge is 0.365 e. The van der Waals surface area contributed by atoms with Crippen LogP contribution in [0.15, 0.2) is 60.8 Å². The zero-order valence-electron chi connectivity index (χ0n) is 19.0.